The molecular formula is C23H25NO4. The highest BCUT2D eigenvalue weighted by molar-refractivity contribution is 6.20. The van der Waals surface area contributed by atoms with Crippen molar-refractivity contribution in [1.82, 2.24) is 0 Å². The van der Waals surface area contributed by atoms with Gasteiger partial charge in [-0.15, -0.1) is 0 Å². The number of nitrogens with zero attached hydrogens (tertiary/aromatic N) is 1. The number of aliphatic hydroxyl groups is 1. The lowest BCUT2D eigenvalue weighted by Gasteiger charge is -2.38. The smallest absolute Gasteiger partial charge is 0.344 e. The molecule has 0 bridgehead atoms. The van der Waals surface area contributed by atoms with Crippen LogP contribution in [0.25, 0.3) is 0 Å². The maximum Gasteiger partial charge on any atom is 0.344 e. The summed E-state index contributed by atoms with van der Waals surface area (Å²) in [5.41, 5.74) is 1.05. The monoisotopic (exact) mass is 379 g/mol. The van der Waals surface area contributed by atoms with E-state index in [2.05, 4.69) is 5.16 Å². The first kappa shape index (κ1) is 19.7. The van der Waals surface area contributed by atoms with Crippen LogP contribution >= 0.6 is 0 Å². The maximum atomic E-state index is 13.1. The number of carbonyl (C=O) groups excluding carboxylic acids is 1. The van der Waals surface area contributed by atoms with Gasteiger partial charge in [-0.3, -0.25) is 0 Å². The van der Waals surface area contributed by atoms with E-state index in [1.54, 1.807) is 0 Å². The molecule has 1 heterocycles. The number of benzene rings is 2. The van der Waals surface area contributed by atoms with E-state index >= 15 is 0 Å². The normalized spacial score (nSPS) is 16.6. The second-order valence-electron chi connectivity index (χ2n) is 6.65. The molecule has 0 atom stereocenters. The highest BCUT2D eigenvalue weighted by Crippen LogP contribution is 2.43. The molecule has 0 saturated heterocycles. The van der Waals surface area contributed by atoms with Crippen LogP contribution in [0.4, 0.5) is 0 Å². The summed E-state index contributed by atoms with van der Waals surface area (Å²) in [5, 5.41) is 15.0. The zero-order valence-corrected chi connectivity index (χ0v) is 16.2. The van der Waals surface area contributed by atoms with Gasteiger partial charge in [0.25, 0.3) is 0 Å². The van der Waals surface area contributed by atoms with E-state index in [1.807, 2.05) is 74.5 Å². The van der Waals surface area contributed by atoms with Crippen LogP contribution in [0.3, 0.4) is 0 Å². The van der Waals surface area contributed by atoms with Gasteiger partial charge in [-0.1, -0.05) is 79.2 Å². The van der Waals surface area contributed by atoms with Crippen molar-refractivity contribution in [2.75, 3.05) is 6.61 Å². The molecular weight excluding hydrogens is 354 g/mol. The van der Waals surface area contributed by atoms with Crippen molar-refractivity contribution < 1.29 is 19.5 Å². The van der Waals surface area contributed by atoms with Crippen LogP contribution < -0.4 is 0 Å². The number of hydrogen-bond donors (Lipinski definition) is 1. The summed E-state index contributed by atoms with van der Waals surface area (Å²) in [6, 6.07) is 19.0. The van der Waals surface area contributed by atoms with E-state index in [0.717, 1.165) is 17.5 Å². The van der Waals surface area contributed by atoms with Gasteiger partial charge in [0.1, 0.15) is 17.9 Å². The lowest BCUT2D eigenvalue weighted by atomic mass is 9.80. The Balaban J connectivity index is 2.12. The number of ether oxygens (including phenoxy) is 1. The third kappa shape index (κ3) is 3.79. The highest BCUT2D eigenvalue weighted by Gasteiger charge is 2.46. The van der Waals surface area contributed by atoms with Crippen LogP contribution in [-0.2, 0) is 20.0 Å². The summed E-state index contributed by atoms with van der Waals surface area (Å²) < 4.78 is 6.04. The minimum absolute atomic E-state index is 0.0316. The Morgan fingerprint density at radius 1 is 1.07 bits per heavy atom. The molecule has 1 N–H and O–H groups in total. The van der Waals surface area contributed by atoms with E-state index in [4.69, 9.17) is 9.57 Å². The SMILES string of the molecule is CCCC(=NOCC)C1=C(O)CC(c2ccccc2)(c2ccccc2)OC1=O. The topological polar surface area (TPSA) is 68.1 Å². The molecule has 1 aliphatic rings. The summed E-state index contributed by atoms with van der Waals surface area (Å²) in [4.78, 5) is 18.2. The fourth-order valence-corrected chi connectivity index (χ4v) is 3.47. The van der Waals surface area contributed by atoms with Gasteiger partial charge in [0.15, 0.2) is 5.60 Å². The Labute approximate surface area is 165 Å². The van der Waals surface area contributed by atoms with E-state index in [0.29, 0.717) is 18.7 Å². The summed E-state index contributed by atoms with van der Waals surface area (Å²) in [6.45, 7) is 4.18. The van der Waals surface area contributed by atoms with Crippen LogP contribution in [0.2, 0.25) is 0 Å². The summed E-state index contributed by atoms with van der Waals surface area (Å²) >= 11 is 0. The minimum atomic E-state index is -1.09. The first-order valence-corrected chi connectivity index (χ1v) is 9.58. The quantitative estimate of drug-likeness (QED) is 0.423. The third-order valence-corrected chi connectivity index (χ3v) is 4.74. The zero-order valence-electron chi connectivity index (χ0n) is 16.2. The molecule has 1 aliphatic heterocycles. The lowest BCUT2D eigenvalue weighted by molar-refractivity contribution is -0.154. The molecule has 5 nitrogen and oxygen atoms in total. The van der Waals surface area contributed by atoms with Gasteiger partial charge < -0.3 is 14.7 Å². The number of carbonyl (C=O) groups is 1. The van der Waals surface area contributed by atoms with Crippen molar-refractivity contribution in [3.05, 3.63) is 83.1 Å². The first-order valence-electron chi connectivity index (χ1n) is 9.58. The van der Waals surface area contributed by atoms with E-state index in [-0.39, 0.29) is 17.8 Å². The second-order valence-corrected chi connectivity index (χ2v) is 6.65. The largest absolute Gasteiger partial charge is 0.511 e. The van der Waals surface area contributed by atoms with Gasteiger partial charge in [-0.05, 0) is 13.3 Å². The molecule has 2 aromatic rings. The minimum Gasteiger partial charge on any atom is -0.511 e. The molecule has 28 heavy (non-hydrogen) atoms. The molecule has 3 rings (SSSR count). The van der Waals surface area contributed by atoms with Gasteiger partial charge in [-0.25, -0.2) is 4.79 Å². The number of aliphatic hydroxyl groups excluding tert-OH is 1. The third-order valence-electron chi connectivity index (χ3n) is 4.74. The van der Waals surface area contributed by atoms with Crippen molar-refractivity contribution in [3.8, 4) is 0 Å². The molecule has 0 saturated carbocycles. The van der Waals surface area contributed by atoms with Crippen LogP contribution in [0.15, 0.2) is 77.2 Å². The van der Waals surface area contributed by atoms with E-state index in [1.165, 1.54) is 0 Å². The number of oxime groups is 1. The molecule has 2 aromatic carbocycles. The predicted molar refractivity (Wildman–Crippen MR) is 108 cm³/mol. The summed E-state index contributed by atoms with van der Waals surface area (Å²) in [7, 11) is 0. The Kier molecular flexibility index (Phi) is 6.14. The van der Waals surface area contributed by atoms with Gasteiger partial charge >= 0.3 is 5.97 Å². The van der Waals surface area contributed by atoms with Crippen molar-refractivity contribution >= 4 is 11.7 Å². The first-order chi connectivity index (χ1) is 13.6. The van der Waals surface area contributed by atoms with Crippen molar-refractivity contribution in [2.45, 2.75) is 38.7 Å². The molecule has 0 fully saturated rings. The summed E-state index contributed by atoms with van der Waals surface area (Å²) in [6.07, 6.45) is 1.41. The average Bonchev–Trinajstić information content (AvgIpc) is 2.72. The van der Waals surface area contributed by atoms with E-state index < -0.39 is 11.6 Å². The fourth-order valence-electron chi connectivity index (χ4n) is 3.47. The lowest BCUT2D eigenvalue weighted by Crippen LogP contribution is -2.40. The average molecular weight is 379 g/mol. The van der Waals surface area contributed by atoms with Crippen LogP contribution in [0.1, 0.15) is 44.2 Å². The Hall–Kier alpha value is -3.08. The molecule has 0 unspecified atom stereocenters. The highest BCUT2D eigenvalue weighted by atomic mass is 16.6. The van der Waals surface area contributed by atoms with Crippen molar-refractivity contribution in [2.24, 2.45) is 5.16 Å². The molecule has 0 spiro atoms. The molecule has 5 heteroatoms. The molecule has 0 aromatic heterocycles. The number of esters is 1. The van der Waals surface area contributed by atoms with Crippen LogP contribution in [0.5, 0.6) is 0 Å². The molecule has 0 radical (unpaired) electrons. The van der Waals surface area contributed by atoms with Crippen LogP contribution in [-0.4, -0.2) is 23.4 Å². The standard InChI is InChI=1S/C23H25NO4/c1-3-11-19(24-27-4-2)21-20(25)16-23(28-22(21)26,17-12-7-5-8-13-17)18-14-9-6-10-15-18/h5-10,12-15,25H,3-4,11,16H2,1-2H3. The predicted octanol–water partition coefficient (Wildman–Crippen LogP) is 4.88. The van der Waals surface area contributed by atoms with Crippen LogP contribution in [0, 0.1) is 0 Å². The van der Waals surface area contributed by atoms with Gasteiger partial charge in [0.2, 0.25) is 0 Å². The number of cyclic esters (lactones) is 1. The maximum absolute atomic E-state index is 13.1. The van der Waals surface area contributed by atoms with E-state index in [9.17, 15) is 9.90 Å². The zero-order chi connectivity index (χ0) is 20.0. The Bertz CT molecular complexity index is 832. The second kappa shape index (κ2) is 8.74. The molecule has 146 valence electrons. The molecule has 0 amide bonds. The fraction of sp³-hybridized carbons (Fsp3) is 0.304. The molecule has 0 aliphatic carbocycles. The van der Waals surface area contributed by atoms with Gasteiger partial charge in [0, 0.05) is 11.1 Å². The number of rotatable bonds is 7. The van der Waals surface area contributed by atoms with Gasteiger partial charge in [0.05, 0.1) is 12.1 Å². The van der Waals surface area contributed by atoms with Gasteiger partial charge in [-0.2, -0.15) is 0 Å². The Morgan fingerprint density at radius 3 is 2.11 bits per heavy atom. The Morgan fingerprint density at radius 2 is 1.64 bits per heavy atom. The van der Waals surface area contributed by atoms with Crippen molar-refractivity contribution in [3.63, 3.8) is 0 Å². The summed E-state index contributed by atoms with van der Waals surface area (Å²) in [5.74, 6) is -0.626. The number of hydrogen-bond acceptors (Lipinski definition) is 5. The van der Waals surface area contributed by atoms with Crippen molar-refractivity contribution in [1.29, 1.82) is 0 Å².